The molecule has 2 aromatic carbocycles. The molecule has 8 nitrogen and oxygen atoms in total. The molecule has 0 radical (unpaired) electrons. The molecule has 0 fully saturated rings. The molecule has 39 heavy (non-hydrogen) atoms. The average molecular weight is 545 g/mol. The Kier molecular flexibility index (Phi) is 9.01. The average Bonchev–Trinajstić information content (AvgIpc) is 3.22. The summed E-state index contributed by atoms with van der Waals surface area (Å²) in [4.78, 5) is 0. The molecule has 0 saturated carbocycles. The van der Waals surface area contributed by atoms with Crippen molar-refractivity contribution >= 4 is 0 Å². The van der Waals surface area contributed by atoms with E-state index in [2.05, 4.69) is 27.7 Å². The maximum absolute atomic E-state index is 11.0. The van der Waals surface area contributed by atoms with Crippen LogP contribution in [-0.2, 0) is 35.2 Å². The Morgan fingerprint density at radius 3 is 1.33 bits per heavy atom. The lowest BCUT2D eigenvalue weighted by Crippen LogP contribution is -2.26. The first kappa shape index (κ1) is 29.5. The molecule has 2 aliphatic rings. The van der Waals surface area contributed by atoms with Gasteiger partial charge in [-0.3, -0.25) is 0 Å². The van der Waals surface area contributed by atoms with Crippen molar-refractivity contribution in [1.29, 1.82) is 0 Å². The Balaban J connectivity index is 1.60. The molecule has 0 unspecified atom stereocenters. The molecule has 8 heteroatoms. The molecule has 0 atom stereocenters. The first-order chi connectivity index (χ1) is 18.6. The zero-order chi connectivity index (χ0) is 28.3. The van der Waals surface area contributed by atoms with Gasteiger partial charge >= 0.3 is 0 Å². The second-order valence-electron chi connectivity index (χ2n) is 11.8. The number of aromatic hydroxyl groups is 2. The SMILES string of the molecule is COCCOCCOc1cc2c(cc1O)C1(CC2(C)C)CC(C)(C)c2cc(OCCOCCOC)c(O)cc21. The Morgan fingerprint density at radius 1 is 0.564 bits per heavy atom. The van der Waals surface area contributed by atoms with Gasteiger partial charge < -0.3 is 38.6 Å². The van der Waals surface area contributed by atoms with Gasteiger partial charge in [0.25, 0.3) is 0 Å². The smallest absolute Gasteiger partial charge is 0.161 e. The molecule has 2 aliphatic carbocycles. The second-order valence-corrected chi connectivity index (χ2v) is 11.8. The minimum atomic E-state index is -0.337. The first-order valence-corrected chi connectivity index (χ1v) is 13.7. The Bertz CT molecular complexity index is 1050. The van der Waals surface area contributed by atoms with Crippen molar-refractivity contribution in [3.05, 3.63) is 46.5 Å². The highest BCUT2D eigenvalue weighted by Crippen LogP contribution is 2.64. The minimum Gasteiger partial charge on any atom is -0.504 e. The van der Waals surface area contributed by atoms with Crippen LogP contribution in [-0.4, -0.2) is 77.3 Å². The maximum atomic E-state index is 11.0. The standard InChI is InChI=1S/C31H44O8/c1-29(2)19-31(23-15-25(32)27(17-21(23)29)38-13-11-36-9-7-34-5)20-30(3,4)22-18-28(26(33)16-24(22)31)39-14-12-37-10-8-35-6/h15-18,32-33H,7-14,19-20H2,1-6H3. The van der Waals surface area contributed by atoms with Gasteiger partial charge in [-0.2, -0.15) is 0 Å². The monoisotopic (exact) mass is 544 g/mol. The zero-order valence-electron chi connectivity index (χ0n) is 24.2. The fourth-order valence-corrected chi connectivity index (χ4v) is 6.48. The molecule has 0 amide bonds. The quantitative estimate of drug-likeness (QED) is 0.327. The van der Waals surface area contributed by atoms with Crippen LogP contribution in [0.3, 0.4) is 0 Å². The zero-order valence-corrected chi connectivity index (χ0v) is 24.2. The van der Waals surface area contributed by atoms with Crippen molar-refractivity contribution in [1.82, 2.24) is 0 Å². The summed E-state index contributed by atoms with van der Waals surface area (Å²) in [6.45, 7) is 12.5. The van der Waals surface area contributed by atoms with Gasteiger partial charge in [0.1, 0.15) is 13.2 Å². The van der Waals surface area contributed by atoms with Crippen LogP contribution in [0.25, 0.3) is 0 Å². The summed E-state index contributed by atoms with van der Waals surface area (Å²) < 4.78 is 32.8. The summed E-state index contributed by atoms with van der Waals surface area (Å²) in [5.41, 5.74) is 3.87. The number of hydrogen-bond donors (Lipinski definition) is 2. The highest BCUT2D eigenvalue weighted by Gasteiger charge is 2.57. The second kappa shape index (κ2) is 11.9. The van der Waals surface area contributed by atoms with Gasteiger partial charge in [-0.25, -0.2) is 0 Å². The molecule has 216 valence electrons. The molecule has 0 heterocycles. The summed E-state index contributed by atoms with van der Waals surface area (Å²) in [6.07, 6.45) is 1.73. The molecule has 2 N–H and O–H groups in total. The highest BCUT2D eigenvalue weighted by atomic mass is 16.5. The van der Waals surface area contributed by atoms with Gasteiger partial charge in [-0.05, 0) is 70.2 Å². The number of benzene rings is 2. The molecular weight excluding hydrogens is 500 g/mol. The topological polar surface area (TPSA) is 95.8 Å². The van der Waals surface area contributed by atoms with Crippen LogP contribution in [0.15, 0.2) is 24.3 Å². The highest BCUT2D eigenvalue weighted by molar-refractivity contribution is 5.65. The largest absolute Gasteiger partial charge is 0.504 e. The molecule has 0 aromatic heterocycles. The molecule has 0 bridgehead atoms. The van der Waals surface area contributed by atoms with Gasteiger partial charge in [0.2, 0.25) is 0 Å². The van der Waals surface area contributed by atoms with Crippen LogP contribution in [0.5, 0.6) is 23.0 Å². The van der Waals surface area contributed by atoms with Crippen LogP contribution in [0.4, 0.5) is 0 Å². The lowest BCUT2D eigenvalue weighted by atomic mass is 9.72. The third-order valence-corrected chi connectivity index (χ3v) is 8.01. The summed E-state index contributed by atoms with van der Waals surface area (Å²) in [5.74, 6) is 1.16. The van der Waals surface area contributed by atoms with Crippen molar-refractivity contribution in [2.75, 3.05) is 67.1 Å². The Labute approximate surface area is 232 Å². The summed E-state index contributed by atoms with van der Waals surface area (Å²) in [7, 11) is 3.27. The van der Waals surface area contributed by atoms with Gasteiger partial charge in [0.05, 0.1) is 39.6 Å². The van der Waals surface area contributed by atoms with Crippen LogP contribution in [0, 0.1) is 0 Å². The van der Waals surface area contributed by atoms with E-state index in [-0.39, 0.29) is 27.7 Å². The third kappa shape index (κ3) is 5.99. The van der Waals surface area contributed by atoms with E-state index in [1.807, 2.05) is 24.3 Å². The van der Waals surface area contributed by atoms with Crippen molar-refractivity contribution in [2.45, 2.75) is 56.8 Å². The van der Waals surface area contributed by atoms with E-state index >= 15 is 0 Å². The molecule has 0 aliphatic heterocycles. The summed E-state index contributed by atoms with van der Waals surface area (Å²) in [5, 5.41) is 22.0. The number of phenols is 2. The molecule has 4 rings (SSSR count). The molecule has 2 aromatic rings. The molecule has 0 saturated heterocycles. The van der Waals surface area contributed by atoms with Crippen molar-refractivity contribution in [2.24, 2.45) is 0 Å². The van der Waals surface area contributed by atoms with Gasteiger partial charge in [-0.15, -0.1) is 0 Å². The Hall–Kier alpha value is -2.52. The van der Waals surface area contributed by atoms with E-state index in [1.54, 1.807) is 14.2 Å². The van der Waals surface area contributed by atoms with Crippen molar-refractivity contribution in [3.8, 4) is 23.0 Å². The number of phenolic OH excluding ortho intramolecular Hbond substituents is 2. The van der Waals surface area contributed by atoms with Crippen LogP contribution in [0.1, 0.15) is 62.8 Å². The fraction of sp³-hybridized carbons (Fsp3) is 0.613. The van der Waals surface area contributed by atoms with E-state index in [1.165, 1.54) is 0 Å². The summed E-state index contributed by atoms with van der Waals surface area (Å²) >= 11 is 0. The predicted molar refractivity (Wildman–Crippen MR) is 149 cm³/mol. The third-order valence-electron chi connectivity index (χ3n) is 8.01. The van der Waals surface area contributed by atoms with E-state index in [9.17, 15) is 10.2 Å². The molecular formula is C31H44O8. The minimum absolute atomic E-state index is 0.117. The number of ether oxygens (including phenoxy) is 6. The van der Waals surface area contributed by atoms with Crippen molar-refractivity contribution < 1.29 is 38.6 Å². The fourth-order valence-electron chi connectivity index (χ4n) is 6.48. The first-order valence-electron chi connectivity index (χ1n) is 13.7. The van der Waals surface area contributed by atoms with Gasteiger partial charge in [-0.1, -0.05) is 27.7 Å². The van der Waals surface area contributed by atoms with Crippen LogP contribution in [0.2, 0.25) is 0 Å². The lowest BCUT2D eigenvalue weighted by Gasteiger charge is -2.30. The number of methoxy groups -OCH3 is 2. The molecule has 1 spiro atoms. The van der Waals surface area contributed by atoms with Crippen molar-refractivity contribution in [3.63, 3.8) is 0 Å². The number of hydrogen-bond acceptors (Lipinski definition) is 8. The normalized spacial score (nSPS) is 17.8. The van der Waals surface area contributed by atoms with Gasteiger partial charge in [0.15, 0.2) is 23.0 Å². The maximum Gasteiger partial charge on any atom is 0.161 e. The van der Waals surface area contributed by atoms with E-state index < -0.39 is 0 Å². The predicted octanol–water partition coefficient (Wildman–Crippen LogP) is 4.83. The van der Waals surface area contributed by atoms with Crippen LogP contribution < -0.4 is 9.47 Å². The van der Waals surface area contributed by atoms with Crippen LogP contribution >= 0.6 is 0 Å². The van der Waals surface area contributed by atoms with Gasteiger partial charge in [0, 0.05) is 19.6 Å². The van der Waals surface area contributed by atoms with E-state index in [4.69, 9.17) is 28.4 Å². The Morgan fingerprint density at radius 2 is 0.949 bits per heavy atom. The number of fused-ring (bicyclic) bond motifs is 4. The lowest BCUT2D eigenvalue weighted by molar-refractivity contribution is 0.0540. The van der Waals surface area contributed by atoms with E-state index in [0.29, 0.717) is 64.4 Å². The number of rotatable bonds is 14. The summed E-state index contributed by atoms with van der Waals surface area (Å²) in [6, 6.07) is 7.71. The van der Waals surface area contributed by atoms with E-state index in [0.717, 1.165) is 35.1 Å².